The lowest BCUT2D eigenvalue weighted by molar-refractivity contribution is 0.157. The van der Waals surface area contributed by atoms with E-state index in [-0.39, 0.29) is 18.1 Å². The number of carbonyl (C=O) groups is 1. The molecule has 122 valence electrons. The van der Waals surface area contributed by atoms with Crippen LogP contribution in [0.4, 0.5) is 10.5 Å². The molecule has 0 bridgehead atoms. The highest BCUT2D eigenvalue weighted by Gasteiger charge is 2.37. The first-order valence-corrected chi connectivity index (χ1v) is 9.08. The van der Waals surface area contributed by atoms with Crippen molar-refractivity contribution >= 4 is 33.2 Å². The molecular weight excluding hydrogens is 330 g/mol. The van der Waals surface area contributed by atoms with Gasteiger partial charge in [-0.05, 0) is 31.5 Å². The van der Waals surface area contributed by atoms with E-state index in [2.05, 4.69) is 0 Å². The summed E-state index contributed by atoms with van der Waals surface area (Å²) in [5.74, 6) is 0.388. The number of nitrogens with zero attached hydrogens (tertiary/aromatic N) is 1. The molecular formula is C14H18ClNO5S. The molecule has 1 saturated heterocycles. The van der Waals surface area contributed by atoms with Gasteiger partial charge in [-0.2, -0.15) is 0 Å². The number of sulfone groups is 1. The summed E-state index contributed by atoms with van der Waals surface area (Å²) in [6.07, 6.45) is -0.248. The summed E-state index contributed by atoms with van der Waals surface area (Å²) in [5.41, 5.74) is 0.413. The van der Waals surface area contributed by atoms with Gasteiger partial charge in [0, 0.05) is 5.02 Å². The maximum Gasteiger partial charge on any atom is 0.414 e. The van der Waals surface area contributed by atoms with E-state index in [0.29, 0.717) is 22.9 Å². The third-order valence-corrected chi connectivity index (χ3v) is 5.42. The van der Waals surface area contributed by atoms with Gasteiger partial charge in [-0.15, -0.1) is 0 Å². The summed E-state index contributed by atoms with van der Waals surface area (Å²) in [6, 6.07) is 4.35. The number of halogens is 1. The van der Waals surface area contributed by atoms with Gasteiger partial charge in [-0.25, -0.2) is 13.2 Å². The Hall–Kier alpha value is -1.47. The molecule has 1 aromatic rings. The number of rotatable bonds is 4. The number of anilines is 1. The van der Waals surface area contributed by atoms with Gasteiger partial charge >= 0.3 is 6.09 Å². The third kappa shape index (κ3) is 3.64. The number of benzene rings is 1. The minimum atomic E-state index is -3.15. The van der Waals surface area contributed by atoms with Crippen LogP contribution in [-0.2, 0) is 14.6 Å². The van der Waals surface area contributed by atoms with Gasteiger partial charge in [-0.3, -0.25) is 4.90 Å². The van der Waals surface area contributed by atoms with Crippen molar-refractivity contribution in [1.29, 1.82) is 0 Å². The molecule has 1 fully saturated rings. The van der Waals surface area contributed by atoms with Crippen LogP contribution in [-0.4, -0.2) is 45.8 Å². The number of hydrogen-bond donors (Lipinski definition) is 0. The molecule has 1 aliphatic heterocycles. The second-order valence-electron chi connectivity index (χ2n) is 4.94. The zero-order valence-electron chi connectivity index (χ0n) is 12.4. The first kappa shape index (κ1) is 16.9. The molecule has 0 radical (unpaired) electrons. The SMILES string of the molecule is CCOC(=O)N(c1cc(Cl)ccc1OC)C1CCS(=O)(=O)C1. The zero-order valence-corrected chi connectivity index (χ0v) is 14.0. The monoisotopic (exact) mass is 347 g/mol. The minimum absolute atomic E-state index is 0.0520. The standard InChI is InChI=1S/C14H18ClNO5S/c1-3-21-14(17)16(11-6-7-22(18,19)9-11)12-8-10(15)4-5-13(12)20-2/h4-5,8,11H,3,6-7,9H2,1-2H3. The lowest BCUT2D eigenvalue weighted by Crippen LogP contribution is -2.42. The van der Waals surface area contributed by atoms with Crippen molar-refractivity contribution in [3.05, 3.63) is 23.2 Å². The van der Waals surface area contributed by atoms with Crippen molar-refractivity contribution < 1.29 is 22.7 Å². The van der Waals surface area contributed by atoms with E-state index >= 15 is 0 Å². The second kappa shape index (κ2) is 6.75. The van der Waals surface area contributed by atoms with Crippen molar-refractivity contribution in [2.45, 2.75) is 19.4 Å². The molecule has 0 saturated carbocycles. The molecule has 1 heterocycles. The lowest BCUT2D eigenvalue weighted by Gasteiger charge is -2.28. The zero-order chi connectivity index (χ0) is 16.3. The van der Waals surface area contributed by atoms with Gasteiger partial charge in [-0.1, -0.05) is 11.6 Å². The Bertz CT molecular complexity index is 661. The van der Waals surface area contributed by atoms with E-state index in [1.54, 1.807) is 25.1 Å². The van der Waals surface area contributed by atoms with Crippen LogP contribution in [0.3, 0.4) is 0 Å². The molecule has 22 heavy (non-hydrogen) atoms. The average Bonchev–Trinajstić information content (AvgIpc) is 2.80. The number of carbonyl (C=O) groups excluding carboxylic acids is 1. The highest BCUT2D eigenvalue weighted by Crippen LogP contribution is 2.35. The van der Waals surface area contributed by atoms with Crippen LogP contribution in [0.5, 0.6) is 5.75 Å². The van der Waals surface area contributed by atoms with E-state index in [4.69, 9.17) is 21.1 Å². The normalized spacial score (nSPS) is 19.7. The fourth-order valence-corrected chi connectivity index (χ4v) is 4.33. The molecule has 1 aliphatic rings. The summed E-state index contributed by atoms with van der Waals surface area (Å²) >= 11 is 6.01. The molecule has 8 heteroatoms. The topological polar surface area (TPSA) is 72.9 Å². The molecule has 6 nitrogen and oxygen atoms in total. The molecule has 1 aromatic carbocycles. The van der Waals surface area contributed by atoms with Crippen LogP contribution >= 0.6 is 11.6 Å². The average molecular weight is 348 g/mol. The Morgan fingerprint density at radius 1 is 1.45 bits per heavy atom. The van der Waals surface area contributed by atoms with Crippen LogP contribution in [0.1, 0.15) is 13.3 Å². The van der Waals surface area contributed by atoms with Crippen molar-refractivity contribution in [3.63, 3.8) is 0 Å². The van der Waals surface area contributed by atoms with E-state index in [1.165, 1.54) is 12.0 Å². The Morgan fingerprint density at radius 3 is 2.73 bits per heavy atom. The van der Waals surface area contributed by atoms with Gasteiger partial charge in [0.2, 0.25) is 0 Å². The van der Waals surface area contributed by atoms with Crippen LogP contribution in [0.25, 0.3) is 0 Å². The molecule has 0 aromatic heterocycles. The van der Waals surface area contributed by atoms with Gasteiger partial charge in [0.25, 0.3) is 0 Å². The molecule has 1 amide bonds. The van der Waals surface area contributed by atoms with Crippen molar-refractivity contribution in [2.75, 3.05) is 30.1 Å². The highest BCUT2D eigenvalue weighted by molar-refractivity contribution is 7.91. The molecule has 1 unspecified atom stereocenters. The van der Waals surface area contributed by atoms with Crippen LogP contribution in [0.2, 0.25) is 5.02 Å². The predicted molar refractivity (Wildman–Crippen MR) is 84.6 cm³/mol. The second-order valence-corrected chi connectivity index (χ2v) is 7.61. The quantitative estimate of drug-likeness (QED) is 0.836. The maximum atomic E-state index is 12.3. The summed E-state index contributed by atoms with van der Waals surface area (Å²) in [7, 11) is -1.68. The summed E-state index contributed by atoms with van der Waals surface area (Å²) < 4.78 is 33.8. The van der Waals surface area contributed by atoms with E-state index in [1.807, 2.05) is 0 Å². The Morgan fingerprint density at radius 2 is 2.18 bits per heavy atom. The largest absolute Gasteiger partial charge is 0.495 e. The number of methoxy groups -OCH3 is 1. The van der Waals surface area contributed by atoms with Crippen molar-refractivity contribution in [1.82, 2.24) is 0 Å². The van der Waals surface area contributed by atoms with Gasteiger partial charge in [0.05, 0.1) is 37.0 Å². The minimum Gasteiger partial charge on any atom is -0.495 e. The fourth-order valence-electron chi connectivity index (χ4n) is 2.47. The smallest absolute Gasteiger partial charge is 0.414 e. The lowest BCUT2D eigenvalue weighted by atomic mass is 10.2. The number of hydrogen-bond acceptors (Lipinski definition) is 5. The number of amides is 1. The molecule has 0 N–H and O–H groups in total. The Balaban J connectivity index is 2.45. The maximum absolute atomic E-state index is 12.3. The van der Waals surface area contributed by atoms with Crippen LogP contribution < -0.4 is 9.64 Å². The first-order chi connectivity index (χ1) is 10.4. The fraction of sp³-hybridized carbons (Fsp3) is 0.500. The van der Waals surface area contributed by atoms with Crippen molar-refractivity contribution in [3.8, 4) is 5.75 Å². The van der Waals surface area contributed by atoms with Crippen LogP contribution in [0.15, 0.2) is 18.2 Å². The Kier molecular flexibility index (Phi) is 5.18. The molecule has 0 spiro atoms. The summed E-state index contributed by atoms with van der Waals surface area (Å²) in [4.78, 5) is 13.7. The van der Waals surface area contributed by atoms with Gasteiger partial charge in [0.15, 0.2) is 9.84 Å². The highest BCUT2D eigenvalue weighted by atomic mass is 35.5. The van der Waals surface area contributed by atoms with E-state index in [9.17, 15) is 13.2 Å². The molecule has 0 aliphatic carbocycles. The van der Waals surface area contributed by atoms with Crippen molar-refractivity contribution in [2.24, 2.45) is 0 Å². The predicted octanol–water partition coefficient (Wildman–Crippen LogP) is 2.50. The molecule has 2 rings (SSSR count). The van der Waals surface area contributed by atoms with Gasteiger partial charge in [0.1, 0.15) is 5.75 Å². The van der Waals surface area contributed by atoms with Crippen LogP contribution in [0, 0.1) is 0 Å². The third-order valence-electron chi connectivity index (χ3n) is 3.44. The molecule has 1 atom stereocenters. The first-order valence-electron chi connectivity index (χ1n) is 6.88. The summed E-state index contributed by atoms with van der Waals surface area (Å²) in [5, 5.41) is 0.422. The summed E-state index contributed by atoms with van der Waals surface area (Å²) in [6.45, 7) is 1.88. The Labute approximate surface area is 134 Å². The van der Waals surface area contributed by atoms with Gasteiger partial charge < -0.3 is 9.47 Å². The number of ether oxygens (including phenoxy) is 2. The van der Waals surface area contributed by atoms with E-state index < -0.39 is 22.0 Å². The van der Waals surface area contributed by atoms with E-state index in [0.717, 1.165) is 0 Å².